The molecule has 3 nitrogen and oxygen atoms in total. The van der Waals surface area contributed by atoms with E-state index in [0.29, 0.717) is 5.75 Å². The quantitative estimate of drug-likeness (QED) is 0.603. The zero-order chi connectivity index (χ0) is 18.9. The maximum absolute atomic E-state index is 12.5. The molecule has 0 saturated carbocycles. The number of halogens is 4. The second-order valence-electron chi connectivity index (χ2n) is 6.59. The molecule has 3 aromatic rings. The predicted molar refractivity (Wildman–Crippen MR) is 104 cm³/mol. The van der Waals surface area contributed by atoms with Crippen LogP contribution in [0.1, 0.15) is 11.7 Å². The van der Waals surface area contributed by atoms with Crippen LogP contribution in [0.4, 0.5) is 13.2 Å². The van der Waals surface area contributed by atoms with Crippen LogP contribution in [0, 0.1) is 5.92 Å². The zero-order valence-electron chi connectivity index (χ0n) is 14.8. The molecule has 1 aliphatic rings. The Labute approximate surface area is 166 Å². The van der Waals surface area contributed by atoms with E-state index in [0.717, 1.165) is 29.4 Å². The molecule has 3 aromatic carbocycles. The topological polar surface area (TPSA) is 30.5 Å². The van der Waals surface area contributed by atoms with Crippen molar-refractivity contribution in [2.24, 2.45) is 5.92 Å². The molecule has 1 heterocycles. The van der Waals surface area contributed by atoms with Crippen LogP contribution < -0.4 is 14.8 Å². The minimum Gasteiger partial charge on any atom is -0.485 e. The third-order valence-corrected chi connectivity index (χ3v) is 4.65. The fourth-order valence-corrected chi connectivity index (χ4v) is 3.24. The molecule has 0 aromatic heterocycles. The van der Waals surface area contributed by atoms with Gasteiger partial charge in [-0.3, -0.25) is 0 Å². The molecule has 1 N–H and O–H groups in total. The first kappa shape index (κ1) is 20.3. The molecular formula is C21H19ClF3NO2. The van der Waals surface area contributed by atoms with Crippen LogP contribution >= 0.6 is 12.4 Å². The van der Waals surface area contributed by atoms with Gasteiger partial charge in [0.1, 0.15) is 17.6 Å². The lowest BCUT2D eigenvalue weighted by atomic mass is 9.89. The highest BCUT2D eigenvalue weighted by atomic mass is 35.5. The summed E-state index contributed by atoms with van der Waals surface area (Å²) in [4.78, 5) is 0. The summed E-state index contributed by atoms with van der Waals surface area (Å²) in [6.45, 7) is 1.60. The fraction of sp³-hybridized carbons (Fsp3) is 0.238. The second kappa shape index (κ2) is 8.29. The number of nitrogens with one attached hydrogen (secondary N) is 1. The molecule has 1 saturated heterocycles. The first-order valence-electron chi connectivity index (χ1n) is 8.70. The van der Waals surface area contributed by atoms with Crippen LogP contribution in [-0.2, 0) is 0 Å². The molecule has 1 fully saturated rings. The molecule has 0 amide bonds. The molecular weight excluding hydrogens is 391 g/mol. The molecule has 0 spiro atoms. The normalized spacial score (nSPS) is 15.4. The van der Waals surface area contributed by atoms with E-state index in [4.69, 9.17) is 4.74 Å². The van der Waals surface area contributed by atoms with Crippen LogP contribution in [0.15, 0.2) is 66.7 Å². The van der Waals surface area contributed by atoms with Gasteiger partial charge in [-0.25, -0.2) is 0 Å². The predicted octanol–water partition coefficient (Wildman–Crippen LogP) is 5.50. The molecule has 1 unspecified atom stereocenters. The van der Waals surface area contributed by atoms with E-state index in [2.05, 4.69) is 16.1 Å². The van der Waals surface area contributed by atoms with Crippen molar-refractivity contribution in [2.45, 2.75) is 12.5 Å². The second-order valence-corrected chi connectivity index (χ2v) is 6.59. The van der Waals surface area contributed by atoms with Crippen molar-refractivity contribution in [3.05, 3.63) is 72.3 Å². The summed E-state index contributed by atoms with van der Waals surface area (Å²) in [7, 11) is 0. The van der Waals surface area contributed by atoms with Crippen LogP contribution in [0.5, 0.6) is 11.5 Å². The van der Waals surface area contributed by atoms with Crippen molar-refractivity contribution in [1.29, 1.82) is 0 Å². The minimum atomic E-state index is -4.73. The summed E-state index contributed by atoms with van der Waals surface area (Å²) in [6.07, 6.45) is -4.98. The van der Waals surface area contributed by atoms with Gasteiger partial charge < -0.3 is 14.8 Å². The molecule has 4 rings (SSSR count). The number of rotatable bonds is 5. The third kappa shape index (κ3) is 4.69. The monoisotopic (exact) mass is 409 g/mol. The highest BCUT2D eigenvalue weighted by Crippen LogP contribution is 2.34. The lowest BCUT2D eigenvalue weighted by molar-refractivity contribution is -0.274. The van der Waals surface area contributed by atoms with E-state index < -0.39 is 6.36 Å². The molecule has 0 aliphatic carbocycles. The summed E-state index contributed by atoms with van der Waals surface area (Å²) in [5, 5.41) is 5.46. The number of hydrogen-bond donors (Lipinski definition) is 1. The highest BCUT2D eigenvalue weighted by Gasteiger charge is 2.32. The average Bonchev–Trinajstić information content (AvgIpc) is 2.58. The van der Waals surface area contributed by atoms with Gasteiger partial charge in [0.05, 0.1) is 0 Å². The first-order valence-corrected chi connectivity index (χ1v) is 8.70. The summed E-state index contributed by atoms with van der Waals surface area (Å²) in [6, 6.07) is 19.8. The first-order chi connectivity index (χ1) is 13.0. The Balaban J connectivity index is 0.00000225. The van der Waals surface area contributed by atoms with Crippen LogP contribution in [0.3, 0.4) is 0 Å². The van der Waals surface area contributed by atoms with E-state index in [1.165, 1.54) is 18.2 Å². The van der Waals surface area contributed by atoms with Crippen molar-refractivity contribution in [3.63, 3.8) is 0 Å². The van der Waals surface area contributed by atoms with E-state index in [9.17, 15) is 13.2 Å². The maximum atomic E-state index is 12.5. The number of hydrogen-bond acceptors (Lipinski definition) is 3. The van der Waals surface area contributed by atoms with Crippen molar-refractivity contribution in [1.82, 2.24) is 5.32 Å². The van der Waals surface area contributed by atoms with Gasteiger partial charge in [-0.1, -0.05) is 42.5 Å². The Kier molecular flexibility index (Phi) is 6.01. The molecule has 1 aliphatic heterocycles. The van der Waals surface area contributed by atoms with Crippen LogP contribution in [0.2, 0.25) is 0 Å². The van der Waals surface area contributed by atoms with Crippen LogP contribution in [-0.4, -0.2) is 19.5 Å². The zero-order valence-corrected chi connectivity index (χ0v) is 15.6. The summed E-state index contributed by atoms with van der Waals surface area (Å²) in [5.41, 5.74) is 1.00. The molecule has 148 valence electrons. The molecule has 28 heavy (non-hydrogen) atoms. The summed E-state index contributed by atoms with van der Waals surface area (Å²) < 4.78 is 47.5. The largest absolute Gasteiger partial charge is 0.573 e. The van der Waals surface area contributed by atoms with E-state index in [1.807, 2.05) is 36.4 Å². The van der Waals surface area contributed by atoms with Gasteiger partial charge in [0.15, 0.2) is 0 Å². The number of alkyl halides is 3. The van der Waals surface area contributed by atoms with Gasteiger partial charge in [0.25, 0.3) is 0 Å². The minimum absolute atomic E-state index is 0. The van der Waals surface area contributed by atoms with Gasteiger partial charge in [0, 0.05) is 25.1 Å². The Morgan fingerprint density at radius 1 is 0.857 bits per heavy atom. The van der Waals surface area contributed by atoms with Crippen LogP contribution in [0.25, 0.3) is 10.8 Å². The maximum Gasteiger partial charge on any atom is 0.573 e. The number of benzene rings is 3. The van der Waals surface area contributed by atoms with E-state index in [-0.39, 0.29) is 30.2 Å². The standard InChI is InChI=1S/C21H18F3NO2.ClH/c22-21(23,24)27-19-7-3-6-18(11-19)26-20(17-12-25-13-17)16-9-8-14-4-1-2-5-15(14)10-16;/h1-11,17,20,25H,12-13H2;1H. The van der Waals surface area contributed by atoms with Crippen molar-refractivity contribution in [2.75, 3.05) is 13.1 Å². The Morgan fingerprint density at radius 3 is 2.25 bits per heavy atom. The van der Waals surface area contributed by atoms with Gasteiger partial charge in [0.2, 0.25) is 0 Å². The van der Waals surface area contributed by atoms with Crippen molar-refractivity contribution >= 4 is 23.2 Å². The SMILES string of the molecule is Cl.FC(F)(F)Oc1cccc(OC(c2ccc3ccccc3c2)C2CNC2)c1. The fourth-order valence-electron chi connectivity index (χ4n) is 3.24. The lowest BCUT2D eigenvalue weighted by Gasteiger charge is -2.35. The Bertz CT molecular complexity index is 944. The van der Waals surface area contributed by atoms with Gasteiger partial charge in [-0.05, 0) is 34.5 Å². The van der Waals surface area contributed by atoms with Gasteiger partial charge in [-0.15, -0.1) is 25.6 Å². The van der Waals surface area contributed by atoms with E-state index >= 15 is 0 Å². The Hall–Kier alpha value is -2.44. The highest BCUT2D eigenvalue weighted by molar-refractivity contribution is 5.85. The molecule has 1 atom stereocenters. The summed E-state index contributed by atoms with van der Waals surface area (Å²) in [5.74, 6) is 0.309. The average molecular weight is 410 g/mol. The van der Waals surface area contributed by atoms with Gasteiger partial charge in [-0.2, -0.15) is 0 Å². The Morgan fingerprint density at radius 2 is 1.57 bits per heavy atom. The molecule has 0 radical (unpaired) electrons. The van der Waals surface area contributed by atoms with Crippen molar-refractivity contribution in [3.8, 4) is 11.5 Å². The molecule has 0 bridgehead atoms. The third-order valence-electron chi connectivity index (χ3n) is 4.65. The smallest absolute Gasteiger partial charge is 0.485 e. The lowest BCUT2D eigenvalue weighted by Crippen LogP contribution is -2.46. The number of fused-ring (bicyclic) bond motifs is 1. The summed E-state index contributed by atoms with van der Waals surface area (Å²) >= 11 is 0. The van der Waals surface area contributed by atoms with Gasteiger partial charge >= 0.3 is 6.36 Å². The van der Waals surface area contributed by atoms with E-state index in [1.54, 1.807) is 6.07 Å². The number of ether oxygens (including phenoxy) is 2. The van der Waals surface area contributed by atoms with Crippen molar-refractivity contribution < 1.29 is 22.6 Å². The molecule has 7 heteroatoms.